The van der Waals surface area contributed by atoms with Crippen LogP contribution in [-0.2, 0) is 16.0 Å². The number of methoxy groups -OCH3 is 1. The fourth-order valence-corrected chi connectivity index (χ4v) is 3.51. The normalized spacial score (nSPS) is 17.3. The number of carbonyl (C=O) groups is 1. The molecule has 0 aliphatic carbocycles. The minimum Gasteiger partial charge on any atom is -0.383 e. The van der Waals surface area contributed by atoms with Crippen LogP contribution in [0, 0.1) is 5.82 Å². The van der Waals surface area contributed by atoms with Gasteiger partial charge in [0, 0.05) is 50.4 Å². The number of rotatable bonds is 8. The van der Waals surface area contributed by atoms with E-state index < -0.39 is 0 Å². The molecule has 1 aliphatic rings. The van der Waals surface area contributed by atoms with Gasteiger partial charge >= 0.3 is 0 Å². The van der Waals surface area contributed by atoms with Crippen molar-refractivity contribution in [2.45, 2.75) is 12.6 Å². The van der Waals surface area contributed by atoms with Crippen molar-refractivity contribution in [1.29, 1.82) is 0 Å². The first-order valence-electron chi connectivity index (χ1n) is 9.67. The van der Waals surface area contributed by atoms with Crippen LogP contribution in [0.3, 0.4) is 0 Å². The number of amides is 1. The number of morpholine rings is 1. The Morgan fingerprint density at radius 2 is 1.97 bits per heavy atom. The molecular formula is C22H26ClFN2O3. The predicted molar refractivity (Wildman–Crippen MR) is 111 cm³/mol. The Morgan fingerprint density at radius 3 is 2.66 bits per heavy atom. The lowest BCUT2D eigenvalue weighted by Gasteiger charge is -2.36. The number of nitrogens with zero attached hydrogens (tertiary/aromatic N) is 2. The van der Waals surface area contributed by atoms with Gasteiger partial charge < -0.3 is 14.4 Å². The van der Waals surface area contributed by atoms with Gasteiger partial charge in [-0.2, -0.15) is 0 Å². The summed E-state index contributed by atoms with van der Waals surface area (Å²) in [5, 5.41) is 0.724. The molecule has 0 aromatic heterocycles. The average molecular weight is 421 g/mol. The summed E-state index contributed by atoms with van der Waals surface area (Å²) in [4.78, 5) is 16.9. The molecular weight excluding hydrogens is 395 g/mol. The van der Waals surface area contributed by atoms with Gasteiger partial charge in [-0.3, -0.25) is 9.69 Å². The molecule has 1 unspecified atom stereocenters. The summed E-state index contributed by atoms with van der Waals surface area (Å²) >= 11 is 5.96. The van der Waals surface area contributed by atoms with Crippen LogP contribution in [0.25, 0.3) is 0 Å². The minimum atomic E-state index is -0.363. The van der Waals surface area contributed by atoms with Gasteiger partial charge in [-0.05, 0) is 42.0 Å². The highest BCUT2D eigenvalue weighted by atomic mass is 35.5. The first-order chi connectivity index (χ1) is 14.0. The van der Waals surface area contributed by atoms with Gasteiger partial charge in [0.05, 0.1) is 19.3 Å². The lowest BCUT2D eigenvalue weighted by Crippen LogP contribution is -2.49. The second-order valence-corrected chi connectivity index (χ2v) is 7.54. The van der Waals surface area contributed by atoms with E-state index in [4.69, 9.17) is 21.1 Å². The van der Waals surface area contributed by atoms with Crippen LogP contribution in [0.1, 0.15) is 15.9 Å². The maximum Gasteiger partial charge on any atom is 0.254 e. The van der Waals surface area contributed by atoms with Crippen LogP contribution < -0.4 is 0 Å². The summed E-state index contributed by atoms with van der Waals surface area (Å²) in [5.41, 5.74) is 1.64. The van der Waals surface area contributed by atoms with Crippen LogP contribution >= 0.6 is 11.6 Å². The standard InChI is InChI=1S/C22H26ClFN2O3/c1-28-12-11-26(22(27)18-4-8-20(24)9-5-18)16-21-15-25(10-13-29-21)14-17-2-6-19(23)7-3-17/h2-9,21H,10-16H2,1H3. The van der Waals surface area contributed by atoms with E-state index in [1.807, 2.05) is 24.3 Å². The number of hydrogen-bond acceptors (Lipinski definition) is 4. The number of benzene rings is 2. The molecule has 0 N–H and O–H groups in total. The first kappa shape index (κ1) is 21.7. The van der Waals surface area contributed by atoms with Crippen LogP contribution in [0.4, 0.5) is 4.39 Å². The number of ether oxygens (including phenoxy) is 2. The molecule has 0 spiro atoms. The highest BCUT2D eigenvalue weighted by molar-refractivity contribution is 6.30. The topological polar surface area (TPSA) is 42.0 Å². The summed E-state index contributed by atoms with van der Waals surface area (Å²) in [6.45, 7) is 4.31. The Labute approximate surface area is 176 Å². The summed E-state index contributed by atoms with van der Waals surface area (Å²) in [6, 6.07) is 13.4. The fraction of sp³-hybridized carbons (Fsp3) is 0.409. The van der Waals surface area contributed by atoms with Crippen LogP contribution in [0.2, 0.25) is 5.02 Å². The zero-order chi connectivity index (χ0) is 20.6. The molecule has 1 fully saturated rings. The summed E-state index contributed by atoms with van der Waals surface area (Å²) in [6.07, 6.45) is -0.0997. The third kappa shape index (κ3) is 6.51. The van der Waals surface area contributed by atoms with E-state index in [0.717, 1.165) is 24.7 Å². The molecule has 5 nitrogen and oxygen atoms in total. The van der Waals surface area contributed by atoms with Crippen molar-refractivity contribution < 1.29 is 18.7 Å². The Morgan fingerprint density at radius 1 is 1.24 bits per heavy atom. The number of carbonyl (C=O) groups excluding carboxylic acids is 1. The quantitative estimate of drug-likeness (QED) is 0.655. The molecule has 2 aromatic rings. The van der Waals surface area contributed by atoms with Crippen molar-refractivity contribution in [2.24, 2.45) is 0 Å². The summed E-state index contributed by atoms with van der Waals surface area (Å²) < 4.78 is 24.3. The second-order valence-electron chi connectivity index (χ2n) is 7.11. The Bertz CT molecular complexity index is 786. The molecule has 2 aromatic carbocycles. The van der Waals surface area contributed by atoms with E-state index in [0.29, 0.717) is 31.9 Å². The van der Waals surface area contributed by atoms with E-state index in [9.17, 15) is 9.18 Å². The molecule has 0 bridgehead atoms. The molecule has 7 heteroatoms. The molecule has 1 amide bonds. The highest BCUT2D eigenvalue weighted by Crippen LogP contribution is 2.15. The minimum absolute atomic E-state index is 0.0997. The molecule has 29 heavy (non-hydrogen) atoms. The molecule has 0 saturated carbocycles. The Kier molecular flexibility index (Phi) is 8.00. The molecule has 1 heterocycles. The van der Waals surface area contributed by atoms with Gasteiger partial charge in [-0.25, -0.2) is 4.39 Å². The number of halogens is 2. The zero-order valence-electron chi connectivity index (χ0n) is 16.5. The molecule has 0 radical (unpaired) electrons. The zero-order valence-corrected chi connectivity index (χ0v) is 17.3. The molecule has 1 atom stereocenters. The van der Waals surface area contributed by atoms with Crippen molar-refractivity contribution in [3.05, 3.63) is 70.5 Å². The highest BCUT2D eigenvalue weighted by Gasteiger charge is 2.25. The summed E-state index contributed by atoms with van der Waals surface area (Å²) in [5.74, 6) is -0.515. The Balaban J connectivity index is 1.62. The largest absolute Gasteiger partial charge is 0.383 e. The second kappa shape index (κ2) is 10.7. The third-order valence-corrected chi connectivity index (χ3v) is 5.16. The van der Waals surface area contributed by atoms with Gasteiger partial charge in [0.2, 0.25) is 0 Å². The van der Waals surface area contributed by atoms with Gasteiger partial charge in [0.25, 0.3) is 5.91 Å². The first-order valence-corrected chi connectivity index (χ1v) is 10.0. The van der Waals surface area contributed by atoms with Gasteiger partial charge in [0.15, 0.2) is 0 Å². The third-order valence-electron chi connectivity index (χ3n) is 4.91. The fourth-order valence-electron chi connectivity index (χ4n) is 3.38. The molecule has 1 aliphatic heterocycles. The maximum absolute atomic E-state index is 13.2. The smallest absolute Gasteiger partial charge is 0.254 e. The molecule has 3 rings (SSSR count). The molecule has 1 saturated heterocycles. The van der Waals surface area contributed by atoms with E-state index in [-0.39, 0.29) is 17.8 Å². The van der Waals surface area contributed by atoms with Crippen molar-refractivity contribution in [3.8, 4) is 0 Å². The van der Waals surface area contributed by atoms with Crippen molar-refractivity contribution in [3.63, 3.8) is 0 Å². The van der Waals surface area contributed by atoms with Crippen LogP contribution in [-0.4, -0.2) is 68.3 Å². The lowest BCUT2D eigenvalue weighted by atomic mass is 10.1. The Hall–Kier alpha value is -1.99. The van der Waals surface area contributed by atoms with Crippen molar-refractivity contribution >= 4 is 17.5 Å². The van der Waals surface area contributed by atoms with Crippen LogP contribution in [0.15, 0.2) is 48.5 Å². The van der Waals surface area contributed by atoms with Gasteiger partial charge in [-0.15, -0.1) is 0 Å². The number of hydrogen-bond donors (Lipinski definition) is 0. The maximum atomic E-state index is 13.2. The SMILES string of the molecule is COCCN(CC1CN(Cc2ccc(Cl)cc2)CCO1)C(=O)c1ccc(F)cc1. The van der Waals surface area contributed by atoms with E-state index >= 15 is 0 Å². The van der Waals surface area contributed by atoms with Gasteiger partial charge in [-0.1, -0.05) is 23.7 Å². The summed E-state index contributed by atoms with van der Waals surface area (Å²) in [7, 11) is 1.60. The lowest BCUT2D eigenvalue weighted by molar-refractivity contribution is -0.0444. The van der Waals surface area contributed by atoms with E-state index in [1.54, 1.807) is 12.0 Å². The van der Waals surface area contributed by atoms with Crippen molar-refractivity contribution in [2.75, 3.05) is 46.5 Å². The average Bonchev–Trinajstić information content (AvgIpc) is 2.73. The monoisotopic (exact) mass is 420 g/mol. The van der Waals surface area contributed by atoms with E-state index in [2.05, 4.69) is 4.90 Å². The van der Waals surface area contributed by atoms with Crippen LogP contribution in [0.5, 0.6) is 0 Å². The van der Waals surface area contributed by atoms with E-state index in [1.165, 1.54) is 29.8 Å². The predicted octanol–water partition coefficient (Wildman–Crippen LogP) is 3.47. The van der Waals surface area contributed by atoms with Gasteiger partial charge in [0.1, 0.15) is 5.82 Å². The van der Waals surface area contributed by atoms with Crippen molar-refractivity contribution in [1.82, 2.24) is 9.80 Å². The molecule has 156 valence electrons.